The molecule has 2 rings (SSSR count). The van der Waals surface area contributed by atoms with Crippen LogP contribution < -0.4 is 5.73 Å². The standard InChI is InChI=1S/C10H15N5/c1-7(2)3-4-15-6-12-5-8-9(15)14-10(11)13-8/h5-7H,3-4H2,1-2H3,(H2,11,13). The van der Waals surface area contributed by atoms with E-state index >= 15 is 0 Å². The second-order valence-electron chi connectivity index (χ2n) is 4.06. The zero-order chi connectivity index (χ0) is 10.8. The quantitative estimate of drug-likeness (QED) is 0.822. The van der Waals surface area contributed by atoms with E-state index in [1.165, 1.54) is 0 Å². The molecular weight excluding hydrogens is 190 g/mol. The van der Waals surface area contributed by atoms with Gasteiger partial charge in [-0.2, -0.15) is 4.98 Å². The first-order valence-corrected chi connectivity index (χ1v) is 5.10. The fourth-order valence-corrected chi connectivity index (χ4v) is 1.46. The number of nitrogens with two attached hydrogens (primary N) is 1. The van der Waals surface area contributed by atoms with Gasteiger partial charge in [-0.3, -0.25) is 0 Å². The van der Waals surface area contributed by atoms with E-state index in [9.17, 15) is 0 Å². The van der Waals surface area contributed by atoms with E-state index in [0.717, 1.165) is 24.5 Å². The molecule has 0 aliphatic carbocycles. The van der Waals surface area contributed by atoms with Crippen molar-refractivity contribution in [3.63, 3.8) is 0 Å². The molecule has 0 radical (unpaired) electrons. The van der Waals surface area contributed by atoms with Crippen molar-refractivity contribution in [2.24, 2.45) is 5.92 Å². The molecule has 0 aromatic rings. The van der Waals surface area contributed by atoms with Crippen molar-refractivity contribution >= 4 is 5.95 Å². The van der Waals surface area contributed by atoms with Crippen LogP contribution >= 0.6 is 0 Å². The van der Waals surface area contributed by atoms with Gasteiger partial charge in [0.25, 0.3) is 0 Å². The predicted molar refractivity (Wildman–Crippen MR) is 58.3 cm³/mol. The maximum Gasteiger partial charge on any atom is 0.222 e. The Morgan fingerprint density at radius 2 is 2.20 bits per heavy atom. The molecule has 0 aromatic carbocycles. The van der Waals surface area contributed by atoms with Crippen molar-refractivity contribution in [2.45, 2.75) is 26.8 Å². The molecule has 2 N–H and O–H groups in total. The Bertz CT molecular complexity index is 420. The monoisotopic (exact) mass is 205 g/mol. The molecule has 5 heteroatoms. The van der Waals surface area contributed by atoms with E-state index in [0.29, 0.717) is 11.9 Å². The molecule has 0 aromatic heterocycles. The highest BCUT2D eigenvalue weighted by atomic mass is 15.2. The highest BCUT2D eigenvalue weighted by Gasteiger charge is 2.12. The summed E-state index contributed by atoms with van der Waals surface area (Å²) < 4.78 is 2.00. The lowest BCUT2D eigenvalue weighted by molar-refractivity contribution is 0.511. The van der Waals surface area contributed by atoms with Crippen LogP contribution in [0.15, 0.2) is 12.5 Å². The molecule has 2 aliphatic rings. The highest BCUT2D eigenvalue weighted by molar-refractivity contribution is 5.53. The van der Waals surface area contributed by atoms with Crippen molar-refractivity contribution in [3.8, 4) is 11.5 Å². The maximum absolute atomic E-state index is 5.55. The fraction of sp³-hybridized carbons (Fsp3) is 0.500. The lowest BCUT2D eigenvalue weighted by Gasteiger charge is -2.10. The Kier molecular flexibility index (Phi) is 2.53. The molecule has 0 unspecified atom stereocenters. The molecular formula is C10H15N5. The predicted octanol–water partition coefficient (Wildman–Crippen LogP) is 1.41. The van der Waals surface area contributed by atoms with Crippen LogP contribution in [0.25, 0.3) is 11.5 Å². The first kappa shape index (κ1) is 9.89. The van der Waals surface area contributed by atoms with Crippen molar-refractivity contribution in [1.82, 2.24) is 19.5 Å². The van der Waals surface area contributed by atoms with Gasteiger partial charge in [0.1, 0.15) is 5.69 Å². The number of imidazole rings is 1. The van der Waals surface area contributed by atoms with E-state index in [2.05, 4.69) is 28.8 Å². The van der Waals surface area contributed by atoms with Crippen molar-refractivity contribution in [2.75, 3.05) is 5.73 Å². The minimum atomic E-state index is 0.316. The number of hydrogen-bond acceptors (Lipinski definition) is 4. The number of rotatable bonds is 3. The Morgan fingerprint density at radius 3 is 2.93 bits per heavy atom. The average molecular weight is 205 g/mol. The van der Waals surface area contributed by atoms with Crippen LogP contribution in [0.4, 0.5) is 5.95 Å². The van der Waals surface area contributed by atoms with E-state index in [-0.39, 0.29) is 0 Å². The third kappa shape index (κ3) is 2.06. The van der Waals surface area contributed by atoms with Crippen LogP contribution in [-0.2, 0) is 6.54 Å². The largest absolute Gasteiger partial charge is 0.368 e. The van der Waals surface area contributed by atoms with Crippen molar-refractivity contribution < 1.29 is 0 Å². The van der Waals surface area contributed by atoms with Gasteiger partial charge in [-0.25, -0.2) is 9.97 Å². The summed E-state index contributed by atoms with van der Waals surface area (Å²) in [4.78, 5) is 12.4. The van der Waals surface area contributed by atoms with E-state index in [4.69, 9.17) is 5.73 Å². The van der Waals surface area contributed by atoms with E-state index < -0.39 is 0 Å². The zero-order valence-electron chi connectivity index (χ0n) is 9.01. The number of aromatic nitrogens is 4. The normalized spacial score (nSPS) is 11.4. The van der Waals surface area contributed by atoms with Gasteiger partial charge in [-0.15, -0.1) is 0 Å². The number of nitrogen functional groups attached to an aromatic ring is 1. The van der Waals surface area contributed by atoms with Gasteiger partial charge in [-0.1, -0.05) is 13.8 Å². The van der Waals surface area contributed by atoms with Crippen LogP contribution in [0.3, 0.4) is 0 Å². The van der Waals surface area contributed by atoms with Gasteiger partial charge in [0.2, 0.25) is 5.95 Å². The van der Waals surface area contributed by atoms with Crippen LogP contribution in [-0.4, -0.2) is 19.5 Å². The number of aryl methyl sites for hydroxylation is 1. The van der Waals surface area contributed by atoms with Gasteiger partial charge >= 0.3 is 0 Å². The van der Waals surface area contributed by atoms with Gasteiger partial charge in [-0.05, 0) is 12.3 Å². The molecule has 0 bridgehead atoms. The molecule has 0 amide bonds. The molecule has 0 saturated carbocycles. The van der Waals surface area contributed by atoms with E-state index in [1.807, 2.05) is 4.57 Å². The number of hydrogen-bond donors (Lipinski definition) is 1. The lowest BCUT2D eigenvalue weighted by atomic mass is 10.1. The van der Waals surface area contributed by atoms with Crippen LogP contribution in [0.5, 0.6) is 0 Å². The highest BCUT2D eigenvalue weighted by Crippen LogP contribution is 2.18. The van der Waals surface area contributed by atoms with Gasteiger partial charge < -0.3 is 10.3 Å². The Balaban J connectivity index is 2.28. The summed E-state index contributed by atoms with van der Waals surface area (Å²) in [5.41, 5.74) is 6.31. The summed E-state index contributed by atoms with van der Waals surface area (Å²) in [6, 6.07) is 0. The number of anilines is 1. The van der Waals surface area contributed by atoms with Gasteiger partial charge in [0, 0.05) is 6.54 Å². The minimum Gasteiger partial charge on any atom is -0.368 e. The van der Waals surface area contributed by atoms with Gasteiger partial charge in [0.15, 0.2) is 5.82 Å². The molecule has 15 heavy (non-hydrogen) atoms. The van der Waals surface area contributed by atoms with Crippen molar-refractivity contribution in [3.05, 3.63) is 12.5 Å². The Morgan fingerprint density at radius 1 is 1.40 bits per heavy atom. The van der Waals surface area contributed by atoms with Crippen LogP contribution in [0.2, 0.25) is 0 Å². The second-order valence-corrected chi connectivity index (χ2v) is 4.06. The summed E-state index contributed by atoms with van der Waals surface area (Å²) in [5.74, 6) is 1.80. The third-order valence-corrected chi connectivity index (χ3v) is 2.31. The molecule has 2 aliphatic heterocycles. The Labute approximate surface area is 88.7 Å². The first-order valence-electron chi connectivity index (χ1n) is 5.10. The van der Waals surface area contributed by atoms with Gasteiger partial charge in [0.05, 0.1) is 12.5 Å². The lowest BCUT2D eigenvalue weighted by Crippen LogP contribution is -2.07. The summed E-state index contributed by atoms with van der Waals surface area (Å²) in [6.45, 7) is 5.29. The average Bonchev–Trinajstić information content (AvgIpc) is 2.55. The van der Waals surface area contributed by atoms with Crippen LogP contribution in [0.1, 0.15) is 20.3 Å². The number of nitrogens with zero attached hydrogens (tertiary/aromatic N) is 4. The van der Waals surface area contributed by atoms with Crippen molar-refractivity contribution in [1.29, 1.82) is 0 Å². The summed E-state index contributed by atoms with van der Waals surface area (Å²) in [5, 5.41) is 0. The molecule has 0 fully saturated rings. The third-order valence-electron chi connectivity index (χ3n) is 2.31. The maximum atomic E-state index is 5.55. The molecule has 80 valence electrons. The fourth-order valence-electron chi connectivity index (χ4n) is 1.46. The molecule has 0 atom stereocenters. The summed E-state index contributed by atoms with van der Waals surface area (Å²) in [7, 11) is 0. The SMILES string of the molecule is CC(C)CCn1cncc2nc(N)nc1-2. The second kappa shape index (κ2) is 3.84. The summed E-state index contributed by atoms with van der Waals surface area (Å²) in [6.07, 6.45) is 4.56. The van der Waals surface area contributed by atoms with E-state index in [1.54, 1.807) is 12.5 Å². The molecule has 2 heterocycles. The number of fused-ring (bicyclic) bond motifs is 1. The first-order chi connectivity index (χ1) is 7.16. The summed E-state index contributed by atoms with van der Waals surface area (Å²) >= 11 is 0. The smallest absolute Gasteiger partial charge is 0.222 e. The molecule has 0 spiro atoms. The Hall–Kier alpha value is -1.65. The molecule has 0 saturated heterocycles. The molecule has 5 nitrogen and oxygen atoms in total. The zero-order valence-corrected chi connectivity index (χ0v) is 9.01. The topological polar surface area (TPSA) is 69.6 Å². The minimum absolute atomic E-state index is 0.316. The van der Waals surface area contributed by atoms with Crippen LogP contribution in [0, 0.1) is 5.92 Å².